The first-order valence-electron chi connectivity index (χ1n) is 7.36. The van der Waals surface area contributed by atoms with E-state index in [0.717, 1.165) is 20.4 Å². The summed E-state index contributed by atoms with van der Waals surface area (Å²) in [6, 6.07) is 13.0. The molecule has 0 radical (unpaired) electrons. The molecule has 24 heavy (non-hydrogen) atoms. The molecule has 0 spiro atoms. The van der Waals surface area contributed by atoms with Crippen LogP contribution in [0.5, 0.6) is 11.5 Å². The number of fused-ring (bicyclic) bond motifs is 1. The van der Waals surface area contributed by atoms with Gasteiger partial charge in [-0.25, -0.2) is 4.98 Å². The smallest absolute Gasteiger partial charge is 0.264 e. The topological polar surface area (TPSA) is 60.5 Å². The van der Waals surface area contributed by atoms with Crippen LogP contribution in [0.25, 0.3) is 10.2 Å². The van der Waals surface area contributed by atoms with Crippen molar-refractivity contribution in [3.05, 3.63) is 46.9 Å². The largest absolute Gasteiger partial charge is 0.492 e. The Hall–Kier alpha value is -2.12. The van der Waals surface area contributed by atoms with Crippen molar-refractivity contribution < 1.29 is 14.3 Å². The Bertz CT molecular complexity index is 849. The third kappa shape index (κ3) is 4.04. The lowest BCUT2D eigenvalue weighted by atomic mass is 10.3. The van der Waals surface area contributed by atoms with Crippen LogP contribution >= 0.6 is 27.3 Å². The Labute approximate surface area is 151 Å². The molecule has 2 aromatic carbocycles. The first-order chi connectivity index (χ1) is 11.7. The molecular weight excluding hydrogens is 392 g/mol. The molecule has 0 saturated carbocycles. The first-order valence-corrected chi connectivity index (χ1v) is 8.97. The number of anilines is 1. The molecule has 0 saturated heterocycles. The molecule has 1 amide bonds. The van der Waals surface area contributed by atoms with Crippen molar-refractivity contribution in [2.45, 2.75) is 6.92 Å². The summed E-state index contributed by atoms with van der Waals surface area (Å²) >= 11 is 4.76. The van der Waals surface area contributed by atoms with Gasteiger partial charge in [-0.15, -0.1) is 0 Å². The number of thiazole rings is 1. The Morgan fingerprint density at radius 2 is 2.00 bits per heavy atom. The van der Waals surface area contributed by atoms with E-state index in [4.69, 9.17) is 9.47 Å². The molecule has 3 rings (SSSR count). The van der Waals surface area contributed by atoms with E-state index in [1.54, 1.807) is 12.1 Å². The number of carbonyl (C=O) groups is 1. The van der Waals surface area contributed by atoms with Crippen molar-refractivity contribution in [1.82, 2.24) is 4.98 Å². The number of aromatic nitrogens is 1. The van der Waals surface area contributed by atoms with Gasteiger partial charge in [-0.2, -0.15) is 0 Å². The fraction of sp³-hybridized carbons (Fsp3) is 0.176. The molecule has 0 fully saturated rings. The van der Waals surface area contributed by atoms with Crippen LogP contribution in [0, 0.1) is 0 Å². The number of rotatable bonds is 6. The molecule has 0 aliphatic rings. The summed E-state index contributed by atoms with van der Waals surface area (Å²) in [6.45, 7) is 2.42. The van der Waals surface area contributed by atoms with Crippen LogP contribution in [0.15, 0.2) is 46.9 Å². The minimum atomic E-state index is -0.255. The van der Waals surface area contributed by atoms with Gasteiger partial charge in [0.1, 0.15) is 17.0 Å². The molecule has 0 atom stereocenters. The number of nitrogens with zero attached hydrogens (tertiary/aromatic N) is 1. The molecule has 1 aromatic heterocycles. The van der Waals surface area contributed by atoms with Gasteiger partial charge < -0.3 is 9.47 Å². The van der Waals surface area contributed by atoms with E-state index < -0.39 is 0 Å². The van der Waals surface area contributed by atoms with Gasteiger partial charge in [0.15, 0.2) is 11.7 Å². The van der Waals surface area contributed by atoms with Crippen molar-refractivity contribution in [3.8, 4) is 11.5 Å². The van der Waals surface area contributed by atoms with Crippen molar-refractivity contribution in [1.29, 1.82) is 0 Å². The molecule has 1 heterocycles. The molecule has 0 unspecified atom stereocenters. The van der Waals surface area contributed by atoms with Crippen LogP contribution in [0.2, 0.25) is 0 Å². The summed E-state index contributed by atoms with van der Waals surface area (Å²) in [5.74, 6) is 1.10. The van der Waals surface area contributed by atoms with Gasteiger partial charge in [-0.05, 0) is 43.3 Å². The molecule has 0 bridgehead atoms. The summed E-state index contributed by atoms with van der Waals surface area (Å²) in [4.78, 5) is 16.5. The quantitative estimate of drug-likeness (QED) is 0.655. The lowest BCUT2D eigenvalue weighted by molar-refractivity contribution is -0.118. The summed E-state index contributed by atoms with van der Waals surface area (Å²) in [7, 11) is 0. The van der Waals surface area contributed by atoms with Crippen molar-refractivity contribution in [2.24, 2.45) is 0 Å². The number of ether oxygens (including phenoxy) is 2. The van der Waals surface area contributed by atoms with E-state index in [1.807, 2.05) is 37.3 Å². The fourth-order valence-electron chi connectivity index (χ4n) is 2.08. The lowest BCUT2D eigenvalue weighted by Gasteiger charge is -2.05. The van der Waals surface area contributed by atoms with Crippen molar-refractivity contribution in [2.75, 3.05) is 18.5 Å². The minimum absolute atomic E-state index is 0.0735. The Morgan fingerprint density at radius 3 is 2.75 bits per heavy atom. The maximum absolute atomic E-state index is 12.0. The van der Waals surface area contributed by atoms with Crippen LogP contribution in [0.3, 0.4) is 0 Å². The second kappa shape index (κ2) is 7.63. The average molecular weight is 407 g/mol. The summed E-state index contributed by atoms with van der Waals surface area (Å²) in [5.41, 5.74) is 0.758. The van der Waals surface area contributed by atoms with Gasteiger partial charge in [0.05, 0.1) is 11.3 Å². The van der Waals surface area contributed by atoms with Crippen molar-refractivity contribution in [3.63, 3.8) is 0 Å². The highest BCUT2D eigenvalue weighted by Crippen LogP contribution is 2.32. The third-order valence-corrected chi connectivity index (χ3v) is 4.58. The molecule has 0 aliphatic heterocycles. The zero-order valence-electron chi connectivity index (χ0n) is 12.9. The predicted molar refractivity (Wildman–Crippen MR) is 99.1 cm³/mol. The highest BCUT2D eigenvalue weighted by atomic mass is 79.9. The summed E-state index contributed by atoms with van der Waals surface area (Å²) in [6.07, 6.45) is 0. The second-order valence-electron chi connectivity index (χ2n) is 4.85. The second-order valence-corrected chi connectivity index (χ2v) is 6.79. The number of hydrogen-bond acceptors (Lipinski definition) is 5. The average Bonchev–Trinajstić information content (AvgIpc) is 2.98. The number of para-hydroxylation sites is 1. The normalized spacial score (nSPS) is 10.6. The molecule has 3 aromatic rings. The molecule has 7 heteroatoms. The van der Waals surface area contributed by atoms with E-state index in [-0.39, 0.29) is 12.5 Å². The Balaban J connectivity index is 1.64. The summed E-state index contributed by atoms with van der Waals surface area (Å²) in [5, 5.41) is 3.29. The lowest BCUT2D eigenvalue weighted by Crippen LogP contribution is -2.19. The number of carbonyl (C=O) groups excluding carboxylic acids is 1. The van der Waals surface area contributed by atoms with E-state index >= 15 is 0 Å². The Kier molecular flexibility index (Phi) is 5.32. The van der Waals surface area contributed by atoms with Crippen LogP contribution < -0.4 is 14.8 Å². The molecule has 0 aliphatic carbocycles. The van der Waals surface area contributed by atoms with Crippen molar-refractivity contribution >= 4 is 48.5 Å². The van der Waals surface area contributed by atoms with Crippen LogP contribution in [-0.4, -0.2) is 24.1 Å². The van der Waals surface area contributed by atoms with Gasteiger partial charge >= 0.3 is 0 Å². The molecule has 5 nitrogen and oxygen atoms in total. The third-order valence-electron chi connectivity index (χ3n) is 3.11. The standard InChI is InChI=1S/C17H15BrN2O3S/c1-2-22-13-4-3-5-14-16(13)20-17(24-14)19-15(21)10-23-12-8-6-11(18)7-9-12/h3-9H,2,10H2,1H3,(H,19,20,21). The maximum atomic E-state index is 12.0. The predicted octanol–water partition coefficient (Wildman–Crippen LogP) is 4.48. The summed E-state index contributed by atoms with van der Waals surface area (Å²) < 4.78 is 12.9. The van der Waals surface area contributed by atoms with Gasteiger partial charge in [0, 0.05) is 4.47 Å². The number of nitrogens with one attached hydrogen (secondary N) is 1. The number of amides is 1. The van der Waals surface area contributed by atoms with Crippen LogP contribution in [0.1, 0.15) is 6.92 Å². The highest BCUT2D eigenvalue weighted by molar-refractivity contribution is 9.10. The van der Waals surface area contributed by atoms with E-state index in [0.29, 0.717) is 17.5 Å². The molecule has 1 N–H and O–H groups in total. The van der Waals surface area contributed by atoms with E-state index in [9.17, 15) is 4.79 Å². The van der Waals surface area contributed by atoms with Crippen LogP contribution in [-0.2, 0) is 4.79 Å². The van der Waals surface area contributed by atoms with Gasteiger partial charge in [-0.1, -0.05) is 33.3 Å². The number of benzene rings is 2. The van der Waals surface area contributed by atoms with Gasteiger partial charge in [-0.3, -0.25) is 10.1 Å². The highest BCUT2D eigenvalue weighted by Gasteiger charge is 2.11. The zero-order valence-corrected chi connectivity index (χ0v) is 15.3. The fourth-order valence-corrected chi connectivity index (χ4v) is 3.25. The number of halogens is 1. The van der Waals surface area contributed by atoms with E-state index in [1.165, 1.54) is 11.3 Å². The molecule has 124 valence electrons. The molecular formula is C17H15BrN2O3S. The van der Waals surface area contributed by atoms with Gasteiger partial charge in [0.2, 0.25) is 0 Å². The maximum Gasteiger partial charge on any atom is 0.264 e. The SMILES string of the molecule is CCOc1cccc2sc(NC(=O)COc3ccc(Br)cc3)nc12. The van der Waals surface area contributed by atoms with Crippen LogP contribution in [0.4, 0.5) is 5.13 Å². The monoisotopic (exact) mass is 406 g/mol. The first kappa shape index (κ1) is 16.7. The minimum Gasteiger partial charge on any atom is -0.492 e. The number of hydrogen-bond donors (Lipinski definition) is 1. The Morgan fingerprint density at radius 1 is 1.21 bits per heavy atom. The zero-order chi connectivity index (χ0) is 16.9. The van der Waals surface area contributed by atoms with Gasteiger partial charge in [0.25, 0.3) is 5.91 Å². The van der Waals surface area contributed by atoms with E-state index in [2.05, 4.69) is 26.2 Å².